The first kappa shape index (κ1) is 8.76. The van der Waals surface area contributed by atoms with Crippen LogP contribution in [0, 0.1) is 0 Å². The molecule has 0 spiro atoms. The van der Waals surface area contributed by atoms with Crippen molar-refractivity contribution >= 4 is 36.5 Å². The molecule has 0 N–H and O–H groups in total. The smallest absolute Gasteiger partial charge is 0.141 e. The number of ether oxygens (including phenoxy) is 1. The van der Waals surface area contributed by atoms with Crippen LogP contribution in [0.4, 0.5) is 0 Å². The van der Waals surface area contributed by atoms with Crippen LogP contribution in [0.15, 0.2) is 12.1 Å². The molecule has 1 aromatic carbocycles. The molecular weight excluding hydrogens is 182 g/mol. The molecule has 0 aliphatic heterocycles. The number of hydrogen-bond acceptors (Lipinski definition) is 1. The second-order valence-electron chi connectivity index (χ2n) is 2.24. The van der Waals surface area contributed by atoms with E-state index in [1.54, 1.807) is 19.2 Å². The molecule has 0 saturated heterocycles. The van der Waals surface area contributed by atoms with Gasteiger partial charge >= 0.3 is 0 Å². The Morgan fingerprint density at radius 3 is 2.45 bits per heavy atom. The van der Waals surface area contributed by atoms with Gasteiger partial charge in [0, 0.05) is 5.02 Å². The molecule has 0 aromatic heterocycles. The summed E-state index contributed by atoms with van der Waals surface area (Å²) in [7, 11) is 3.46. The molecule has 0 atom stereocenters. The van der Waals surface area contributed by atoms with E-state index in [2.05, 4.69) is 0 Å². The quantitative estimate of drug-likeness (QED) is 0.604. The van der Waals surface area contributed by atoms with Gasteiger partial charge in [0.25, 0.3) is 0 Å². The van der Waals surface area contributed by atoms with E-state index < -0.39 is 0 Å². The van der Waals surface area contributed by atoms with Crippen LogP contribution in [0.3, 0.4) is 0 Å². The predicted octanol–water partition coefficient (Wildman–Crippen LogP) is 1.26. The summed E-state index contributed by atoms with van der Waals surface area (Å²) in [4.78, 5) is 0. The first-order valence-electron chi connectivity index (χ1n) is 3.15. The maximum absolute atomic E-state index is 5.83. The lowest BCUT2D eigenvalue weighted by Crippen LogP contribution is -2.03. The van der Waals surface area contributed by atoms with Gasteiger partial charge in [-0.15, -0.1) is 0 Å². The molecule has 0 amide bonds. The Morgan fingerprint density at radius 2 is 1.91 bits per heavy atom. The van der Waals surface area contributed by atoms with Crippen LogP contribution in [0.2, 0.25) is 10.0 Å². The largest absolute Gasteiger partial charge is 0.495 e. The number of rotatable bonds is 1. The fraction of sp³-hybridized carbons (Fsp3) is 0.143. The lowest BCUT2D eigenvalue weighted by molar-refractivity contribution is 0.415. The Morgan fingerprint density at radius 1 is 1.27 bits per heavy atom. The second kappa shape index (κ2) is 3.37. The van der Waals surface area contributed by atoms with Crippen molar-refractivity contribution in [3.63, 3.8) is 0 Å². The Hall–Kier alpha value is -0.335. The zero-order chi connectivity index (χ0) is 8.43. The van der Waals surface area contributed by atoms with Gasteiger partial charge in [0.05, 0.1) is 12.1 Å². The molecule has 0 aliphatic rings. The van der Waals surface area contributed by atoms with Crippen molar-refractivity contribution in [2.75, 3.05) is 7.11 Å². The highest BCUT2D eigenvalue weighted by atomic mass is 35.5. The van der Waals surface area contributed by atoms with Gasteiger partial charge in [0.15, 0.2) is 0 Å². The lowest BCUT2D eigenvalue weighted by atomic mass is 9.96. The van der Waals surface area contributed by atoms with Crippen molar-refractivity contribution < 1.29 is 4.74 Å². The SMILES string of the molecule is Bc1cc(Cl)c(OC)cc1Cl. The van der Waals surface area contributed by atoms with E-state index in [4.69, 9.17) is 27.9 Å². The highest BCUT2D eigenvalue weighted by Gasteiger charge is 2.03. The summed E-state index contributed by atoms with van der Waals surface area (Å²) in [6.45, 7) is 0. The summed E-state index contributed by atoms with van der Waals surface area (Å²) in [6.07, 6.45) is 0. The van der Waals surface area contributed by atoms with Crippen LogP contribution in [0.25, 0.3) is 0 Å². The van der Waals surface area contributed by atoms with Crippen LogP contribution < -0.4 is 10.2 Å². The molecule has 1 aromatic rings. The monoisotopic (exact) mass is 188 g/mol. The summed E-state index contributed by atoms with van der Waals surface area (Å²) in [5.41, 5.74) is 0.956. The third-order valence-electron chi connectivity index (χ3n) is 1.43. The summed E-state index contributed by atoms with van der Waals surface area (Å²) in [5, 5.41) is 1.26. The van der Waals surface area contributed by atoms with Gasteiger partial charge in [-0.05, 0) is 12.1 Å². The van der Waals surface area contributed by atoms with E-state index >= 15 is 0 Å². The van der Waals surface area contributed by atoms with E-state index in [1.165, 1.54) is 0 Å². The lowest BCUT2D eigenvalue weighted by Gasteiger charge is -2.04. The highest BCUT2D eigenvalue weighted by Crippen LogP contribution is 2.25. The highest BCUT2D eigenvalue weighted by molar-refractivity contribution is 6.46. The van der Waals surface area contributed by atoms with Gasteiger partial charge in [-0.3, -0.25) is 0 Å². The average Bonchev–Trinajstić information content (AvgIpc) is 1.97. The van der Waals surface area contributed by atoms with Crippen molar-refractivity contribution in [2.24, 2.45) is 0 Å². The third kappa shape index (κ3) is 1.82. The summed E-state index contributed by atoms with van der Waals surface area (Å²) in [6, 6.07) is 3.49. The molecule has 0 heterocycles. The minimum absolute atomic E-state index is 0.592. The number of halogens is 2. The maximum atomic E-state index is 5.83. The minimum Gasteiger partial charge on any atom is -0.495 e. The molecule has 0 unspecified atom stereocenters. The topological polar surface area (TPSA) is 9.23 Å². The van der Waals surface area contributed by atoms with Crippen LogP contribution in [-0.4, -0.2) is 15.0 Å². The van der Waals surface area contributed by atoms with E-state index in [9.17, 15) is 0 Å². The zero-order valence-corrected chi connectivity index (χ0v) is 7.83. The zero-order valence-electron chi connectivity index (χ0n) is 6.32. The van der Waals surface area contributed by atoms with Gasteiger partial charge in [0.1, 0.15) is 13.6 Å². The van der Waals surface area contributed by atoms with E-state index in [-0.39, 0.29) is 0 Å². The summed E-state index contributed by atoms with van der Waals surface area (Å²) >= 11 is 11.6. The standard InChI is InChI=1S/C7H7BCl2O/c1-11-7-3-5(9)4(8)2-6(7)10/h2-3H,8H2,1H3. The van der Waals surface area contributed by atoms with Crippen LogP contribution in [0.5, 0.6) is 5.75 Å². The fourth-order valence-corrected chi connectivity index (χ4v) is 1.23. The van der Waals surface area contributed by atoms with Gasteiger partial charge in [-0.25, -0.2) is 0 Å². The van der Waals surface area contributed by atoms with E-state index in [0.29, 0.717) is 15.8 Å². The Bertz CT molecular complexity index is 275. The first-order chi connectivity index (χ1) is 5.15. The molecule has 0 saturated carbocycles. The molecule has 0 fully saturated rings. The Balaban J connectivity index is 3.21. The van der Waals surface area contributed by atoms with Crippen molar-refractivity contribution in [2.45, 2.75) is 0 Å². The number of hydrogen-bond donors (Lipinski definition) is 0. The molecule has 1 rings (SSSR count). The normalized spacial score (nSPS) is 9.73. The fourth-order valence-electron chi connectivity index (χ4n) is 0.784. The summed E-state index contributed by atoms with van der Waals surface area (Å²) in [5.74, 6) is 0.613. The number of benzene rings is 1. The predicted molar refractivity (Wildman–Crippen MR) is 51.2 cm³/mol. The Labute approximate surface area is 76.7 Å². The summed E-state index contributed by atoms with van der Waals surface area (Å²) < 4.78 is 4.96. The van der Waals surface area contributed by atoms with Crippen molar-refractivity contribution in [3.05, 3.63) is 22.2 Å². The van der Waals surface area contributed by atoms with E-state index in [1.807, 2.05) is 7.85 Å². The van der Waals surface area contributed by atoms with Gasteiger partial charge in [-0.1, -0.05) is 28.7 Å². The third-order valence-corrected chi connectivity index (χ3v) is 2.14. The molecule has 0 aliphatic carbocycles. The number of methoxy groups -OCH3 is 1. The molecule has 0 bridgehead atoms. The Kier molecular flexibility index (Phi) is 2.69. The van der Waals surface area contributed by atoms with Gasteiger partial charge in [0.2, 0.25) is 0 Å². The van der Waals surface area contributed by atoms with Crippen LogP contribution in [-0.2, 0) is 0 Å². The molecule has 11 heavy (non-hydrogen) atoms. The molecule has 0 radical (unpaired) electrons. The van der Waals surface area contributed by atoms with Gasteiger partial charge < -0.3 is 4.74 Å². The van der Waals surface area contributed by atoms with E-state index in [0.717, 1.165) is 5.46 Å². The van der Waals surface area contributed by atoms with Crippen molar-refractivity contribution in [1.29, 1.82) is 0 Å². The average molecular weight is 189 g/mol. The van der Waals surface area contributed by atoms with Crippen LogP contribution >= 0.6 is 23.2 Å². The molecule has 1 nitrogen and oxygen atoms in total. The first-order valence-corrected chi connectivity index (χ1v) is 3.90. The second-order valence-corrected chi connectivity index (χ2v) is 3.05. The van der Waals surface area contributed by atoms with Gasteiger partial charge in [-0.2, -0.15) is 0 Å². The molecule has 4 heteroatoms. The van der Waals surface area contributed by atoms with Crippen LogP contribution in [0.1, 0.15) is 0 Å². The minimum atomic E-state index is 0.592. The molecular formula is C7H7BCl2O. The van der Waals surface area contributed by atoms with Crippen molar-refractivity contribution in [1.82, 2.24) is 0 Å². The maximum Gasteiger partial charge on any atom is 0.141 e. The molecule has 58 valence electrons. The van der Waals surface area contributed by atoms with Crippen molar-refractivity contribution in [3.8, 4) is 5.75 Å².